The van der Waals surface area contributed by atoms with Crippen molar-refractivity contribution in [2.45, 2.75) is 6.42 Å². The third-order valence-corrected chi connectivity index (χ3v) is 3.09. The van der Waals surface area contributed by atoms with Crippen molar-refractivity contribution < 1.29 is 5.11 Å². The number of nitrogens with one attached hydrogen (secondary N) is 2. The summed E-state index contributed by atoms with van der Waals surface area (Å²) in [5, 5.41) is 20.2. The minimum atomic E-state index is -0.290. The molecule has 0 aliphatic rings. The number of hydrogen-bond donors (Lipinski definition) is 3. The number of benzene rings is 2. The Kier molecular flexibility index (Phi) is 3.82. The molecule has 0 atom stereocenters. The van der Waals surface area contributed by atoms with Crippen LogP contribution in [0.5, 0.6) is 5.75 Å². The number of hydrogen-bond acceptors (Lipinski definition) is 5. The molecule has 1 heterocycles. The predicted molar refractivity (Wildman–Crippen MR) is 83.3 cm³/mol. The molecule has 3 rings (SSSR count). The first-order valence-electron chi connectivity index (χ1n) is 6.76. The minimum Gasteiger partial charge on any atom is -0.508 e. The molecule has 0 aliphatic heterocycles. The molecule has 6 heteroatoms. The Morgan fingerprint density at radius 2 is 1.86 bits per heavy atom. The maximum atomic E-state index is 12.1. The summed E-state index contributed by atoms with van der Waals surface area (Å²) >= 11 is 0. The molecular formula is C16H14N4O2. The molecule has 6 nitrogen and oxygen atoms in total. The monoisotopic (exact) mass is 294 g/mol. The lowest BCUT2D eigenvalue weighted by molar-refractivity contribution is 0.475. The SMILES string of the molecule is O=c1[nH]c(Nc2cccc(O)c2)nnc1Cc1ccccc1. The van der Waals surface area contributed by atoms with Crippen LogP contribution in [0.1, 0.15) is 11.3 Å². The highest BCUT2D eigenvalue weighted by Crippen LogP contribution is 2.17. The van der Waals surface area contributed by atoms with Crippen LogP contribution in [0.25, 0.3) is 0 Å². The van der Waals surface area contributed by atoms with Gasteiger partial charge in [-0.3, -0.25) is 9.78 Å². The predicted octanol–water partition coefficient (Wildman–Crippen LogP) is 2.20. The zero-order valence-corrected chi connectivity index (χ0v) is 11.7. The Hall–Kier alpha value is -3.15. The third-order valence-electron chi connectivity index (χ3n) is 3.09. The maximum absolute atomic E-state index is 12.1. The lowest BCUT2D eigenvalue weighted by Crippen LogP contribution is -2.18. The molecule has 2 aromatic carbocycles. The van der Waals surface area contributed by atoms with Crippen molar-refractivity contribution in [1.82, 2.24) is 15.2 Å². The summed E-state index contributed by atoms with van der Waals surface area (Å²) in [6, 6.07) is 16.1. The van der Waals surface area contributed by atoms with Crippen LogP contribution in [0, 0.1) is 0 Å². The standard InChI is InChI=1S/C16H14N4O2/c21-13-8-4-7-12(10-13)17-16-18-15(22)14(19-20-16)9-11-5-2-1-3-6-11/h1-8,10,21H,9H2,(H2,17,18,20,22). The fraction of sp³-hybridized carbons (Fsp3) is 0.0625. The largest absolute Gasteiger partial charge is 0.508 e. The van der Waals surface area contributed by atoms with Gasteiger partial charge in [0.2, 0.25) is 5.95 Å². The van der Waals surface area contributed by atoms with Gasteiger partial charge in [0.05, 0.1) is 0 Å². The summed E-state index contributed by atoms with van der Waals surface area (Å²) in [7, 11) is 0. The molecule has 0 amide bonds. The average Bonchev–Trinajstić information content (AvgIpc) is 2.51. The fourth-order valence-electron chi connectivity index (χ4n) is 2.04. The maximum Gasteiger partial charge on any atom is 0.274 e. The number of aromatic amines is 1. The van der Waals surface area contributed by atoms with E-state index in [9.17, 15) is 9.90 Å². The van der Waals surface area contributed by atoms with E-state index in [1.807, 2.05) is 30.3 Å². The molecule has 3 N–H and O–H groups in total. The number of nitrogens with zero attached hydrogens (tertiary/aromatic N) is 2. The number of phenols is 1. The molecule has 0 spiro atoms. The number of H-pyrrole nitrogens is 1. The van der Waals surface area contributed by atoms with Gasteiger partial charge in [-0.2, -0.15) is 0 Å². The number of anilines is 2. The van der Waals surface area contributed by atoms with Crippen molar-refractivity contribution in [1.29, 1.82) is 0 Å². The summed E-state index contributed by atoms with van der Waals surface area (Å²) in [5.74, 6) is 0.355. The Balaban J connectivity index is 1.79. The van der Waals surface area contributed by atoms with Gasteiger partial charge in [0.1, 0.15) is 11.4 Å². The summed E-state index contributed by atoms with van der Waals surface area (Å²) < 4.78 is 0. The van der Waals surface area contributed by atoms with Gasteiger partial charge in [0, 0.05) is 18.2 Å². The molecule has 3 aromatic rings. The van der Waals surface area contributed by atoms with Gasteiger partial charge in [0.25, 0.3) is 5.56 Å². The summed E-state index contributed by atoms with van der Waals surface area (Å²) in [6.45, 7) is 0. The number of aromatic hydroxyl groups is 1. The van der Waals surface area contributed by atoms with Crippen LogP contribution in [-0.2, 0) is 6.42 Å². The third kappa shape index (κ3) is 3.29. The fourth-order valence-corrected chi connectivity index (χ4v) is 2.04. The van der Waals surface area contributed by atoms with Gasteiger partial charge in [-0.15, -0.1) is 10.2 Å². The summed E-state index contributed by atoms with van der Waals surface area (Å²) in [6.07, 6.45) is 0.426. The van der Waals surface area contributed by atoms with E-state index in [1.165, 1.54) is 6.07 Å². The van der Waals surface area contributed by atoms with Crippen molar-refractivity contribution in [3.05, 3.63) is 76.2 Å². The van der Waals surface area contributed by atoms with E-state index in [-0.39, 0.29) is 17.3 Å². The van der Waals surface area contributed by atoms with Crippen LogP contribution in [0.2, 0.25) is 0 Å². The molecule has 0 saturated carbocycles. The lowest BCUT2D eigenvalue weighted by atomic mass is 10.1. The molecule has 110 valence electrons. The zero-order chi connectivity index (χ0) is 15.4. The van der Waals surface area contributed by atoms with Crippen LogP contribution in [0.4, 0.5) is 11.6 Å². The van der Waals surface area contributed by atoms with Crippen LogP contribution in [0.15, 0.2) is 59.4 Å². The van der Waals surface area contributed by atoms with E-state index in [0.29, 0.717) is 17.8 Å². The zero-order valence-electron chi connectivity index (χ0n) is 11.7. The quantitative estimate of drug-likeness (QED) is 0.686. The molecule has 0 bridgehead atoms. The van der Waals surface area contributed by atoms with Crippen LogP contribution in [0.3, 0.4) is 0 Å². The van der Waals surface area contributed by atoms with Crippen molar-refractivity contribution in [3.63, 3.8) is 0 Å². The van der Waals surface area contributed by atoms with Gasteiger partial charge in [-0.1, -0.05) is 36.4 Å². The van der Waals surface area contributed by atoms with Crippen LogP contribution in [-0.4, -0.2) is 20.3 Å². The van der Waals surface area contributed by atoms with Gasteiger partial charge in [-0.25, -0.2) is 0 Å². The van der Waals surface area contributed by atoms with Gasteiger partial charge >= 0.3 is 0 Å². The second kappa shape index (κ2) is 6.09. The highest BCUT2D eigenvalue weighted by Gasteiger charge is 2.06. The Bertz CT molecular complexity index is 831. The van der Waals surface area contributed by atoms with Gasteiger partial charge in [0.15, 0.2) is 0 Å². The topological polar surface area (TPSA) is 90.9 Å². The number of phenolic OH excluding ortho intramolecular Hbond substituents is 1. The van der Waals surface area contributed by atoms with Crippen molar-refractivity contribution in [3.8, 4) is 5.75 Å². The second-order valence-electron chi connectivity index (χ2n) is 4.79. The van der Waals surface area contributed by atoms with Crippen molar-refractivity contribution >= 4 is 11.6 Å². The normalized spacial score (nSPS) is 10.4. The number of aromatic nitrogens is 3. The first-order valence-corrected chi connectivity index (χ1v) is 6.76. The smallest absolute Gasteiger partial charge is 0.274 e. The lowest BCUT2D eigenvalue weighted by Gasteiger charge is -2.05. The molecule has 0 saturated heterocycles. The highest BCUT2D eigenvalue weighted by molar-refractivity contribution is 5.55. The van der Waals surface area contributed by atoms with E-state index in [4.69, 9.17) is 0 Å². The van der Waals surface area contributed by atoms with Crippen molar-refractivity contribution in [2.24, 2.45) is 0 Å². The molecule has 0 aliphatic carbocycles. The first kappa shape index (κ1) is 13.8. The summed E-state index contributed by atoms with van der Waals surface area (Å²) in [5.41, 5.74) is 1.67. The van der Waals surface area contributed by atoms with Gasteiger partial charge < -0.3 is 10.4 Å². The van der Waals surface area contributed by atoms with E-state index >= 15 is 0 Å². The van der Waals surface area contributed by atoms with E-state index in [0.717, 1.165) is 5.56 Å². The van der Waals surface area contributed by atoms with E-state index < -0.39 is 0 Å². The molecule has 1 aromatic heterocycles. The first-order chi connectivity index (χ1) is 10.7. The van der Waals surface area contributed by atoms with Crippen LogP contribution < -0.4 is 10.9 Å². The van der Waals surface area contributed by atoms with Crippen molar-refractivity contribution in [2.75, 3.05) is 5.32 Å². The Morgan fingerprint density at radius 1 is 1.05 bits per heavy atom. The second-order valence-corrected chi connectivity index (χ2v) is 4.79. The molecule has 0 radical (unpaired) electrons. The van der Waals surface area contributed by atoms with Gasteiger partial charge in [-0.05, 0) is 17.7 Å². The summed E-state index contributed by atoms with van der Waals surface area (Å²) in [4.78, 5) is 14.7. The minimum absolute atomic E-state index is 0.126. The molecule has 0 fully saturated rings. The Labute approximate surface area is 126 Å². The van der Waals surface area contributed by atoms with E-state index in [1.54, 1.807) is 18.2 Å². The highest BCUT2D eigenvalue weighted by atomic mass is 16.3. The molecular weight excluding hydrogens is 280 g/mol. The molecule has 0 unspecified atom stereocenters. The molecule has 22 heavy (non-hydrogen) atoms. The Morgan fingerprint density at radius 3 is 2.59 bits per heavy atom. The average molecular weight is 294 g/mol. The van der Waals surface area contributed by atoms with Crippen LogP contribution >= 0.6 is 0 Å². The van der Waals surface area contributed by atoms with E-state index in [2.05, 4.69) is 20.5 Å². The number of rotatable bonds is 4.